The maximum atomic E-state index is 13.6. The highest BCUT2D eigenvalue weighted by molar-refractivity contribution is 6.26. The Morgan fingerprint density at radius 3 is 2.30 bits per heavy atom. The van der Waals surface area contributed by atoms with Gasteiger partial charge in [0.1, 0.15) is 0 Å². The minimum absolute atomic E-state index is 0.0781. The van der Waals surface area contributed by atoms with E-state index in [1.165, 1.54) is 5.22 Å². The number of carbonyl (C=O) groups is 3. The maximum Gasteiger partial charge on any atom is 0.255 e. The number of nitrogens with one attached hydrogen (secondary N) is 1. The van der Waals surface area contributed by atoms with E-state index in [1.54, 1.807) is 30.3 Å². The first-order valence-corrected chi connectivity index (χ1v) is 12.5. The lowest BCUT2D eigenvalue weighted by Gasteiger charge is -2.19. The van der Waals surface area contributed by atoms with Gasteiger partial charge in [0, 0.05) is 34.4 Å². The van der Waals surface area contributed by atoms with Crippen molar-refractivity contribution in [1.29, 1.82) is 0 Å². The zero-order chi connectivity index (χ0) is 25.5. The van der Waals surface area contributed by atoms with Gasteiger partial charge in [-0.25, -0.2) is 0 Å². The Kier molecular flexibility index (Phi) is 5.65. The van der Waals surface area contributed by atoms with Crippen LogP contribution < -0.4 is 15.8 Å². The number of Topliss-reactive ketones (excluding diaryl/α,β-unsaturated/α-hetero) is 2. The van der Waals surface area contributed by atoms with Crippen molar-refractivity contribution in [1.82, 2.24) is 0 Å². The van der Waals surface area contributed by atoms with Gasteiger partial charge in [-0.1, -0.05) is 60.7 Å². The van der Waals surface area contributed by atoms with Gasteiger partial charge in [0.15, 0.2) is 11.6 Å². The van der Waals surface area contributed by atoms with Crippen molar-refractivity contribution < 1.29 is 14.4 Å². The molecule has 0 heterocycles. The largest absolute Gasteiger partial charge is 0.322 e. The van der Waals surface area contributed by atoms with Gasteiger partial charge in [-0.3, -0.25) is 14.4 Å². The molecule has 0 spiro atoms. The van der Waals surface area contributed by atoms with Gasteiger partial charge >= 0.3 is 0 Å². The Bertz CT molecular complexity index is 1830. The SMILES string of the molecule is Cc1ccccc1C(=O)Nc1ccc(C(=O)C2=c3ccc4c(c3C(=O)CC2)CC=c2ccccc2=4)cc1. The van der Waals surface area contributed by atoms with Crippen LogP contribution in [0.3, 0.4) is 0 Å². The number of ketones is 2. The molecule has 2 aliphatic rings. The molecule has 0 aromatic heterocycles. The van der Waals surface area contributed by atoms with E-state index in [1.807, 2.05) is 43.3 Å². The van der Waals surface area contributed by atoms with Crippen molar-refractivity contribution in [3.63, 3.8) is 0 Å². The van der Waals surface area contributed by atoms with Crippen LogP contribution in [0, 0.1) is 17.4 Å². The summed E-state index contributed by atoms with van der Waals surface area (Å²) in [7, 11) is 0. The third-order valence-corrected chi connectivity index (χ3v) is 7.36. The van der Waals surface area contributed by atoms with E-state index in [0.29, 0.717) is 47.2 Å². The highest BCUT2D eigenvalue weighted by Crippen LogP contribution is 2.24. The maximum absolute atomic E-state index is 13.6. The molecular weight excluding hydrogens is 458 g/mol. The number of hydrogen-bond acceptors (Lipinski definition) is 3. The number of carbonyl (C=O) groups excluding carboxylic acids is 3. The molecule has 6 rings (SSSR count). The molecule has 0 saturated heterocycles. The molecule has 180 valence electrons. The lowest BCUT2D eigenvalue weighted by Crippen LogP contribution is -2.29. The number of anilines is 1. The molecule has 4 aromatic rings. The van der Waals surface area contributed by atoms with Crippen molar-refractivity contribution in [2.75, 3.05) is 5.32 Å². The highest BCUT2D eigenvalue weighted by atomic mass is 16.2. The molecule has 0 radical (unpaired) electrons. The summed E-state index contributed by atoms with van der Waals surface area (Å²) >= 11 is 0. The molecule has 0 fully saturated rings. The standard InChI is InChI=1S/C33H25NO3/c1-20-6-2-4-8-24(20)33(37)34-23-13-10-22(11-14-23)32(36)29-18-19-30(35)31-27-15-12-21-7-3-5-9-25(21)26(27)16-17-28(29)31/h2-14,16-17H,15,18-19H2,1H3,(H,34,37). The van der Waals surface area contributed by atoms with Gasteiger partial charge in [0.2, 0.25) is 0 Å². The number of benzene rings is 4. The summed E-state index contributed by atoms with van der Waals surface area (Å²) in [6.45, 7) is 1.90. The van der Waals surface area contributed by atoms with E-state index in [-0.39, 0.29) is 17.5 Å². The van der Waals surface area contributed by atoms with Crippen LogP contribution in [0.4, 0.5) is 5.69 Å². The molecule has 2 aliphatic carbocycles. The van der Waals surface area contributed by atoms with Crippen LogP contribution in [0.1, 0.15) is 55.0 Å². The number of fused-ring (bicyclic) bond motifs is 4. The first-order chi connectivity index (χ1) is 18.0. The first kappa shape index (κ1) is 22.9. The van der Waals surface area contributed by atoms with E-state index in [4.69, 9.17) is 0 Å². The van der Waals surface area contributed by atoms with E-state index < -0.39 is 0 Å². The predicted octanol–water partition coefficient (Wildman–Crippen LogP) is 4.88. The lowest BCUT2D eigenvalue weighted by atomic mass is 9.83. The minimum atomic E-state index is -0.186. The first-order valence-electron chi connectivity index (χ1n) is 12.5. The van der Waals surface area contributed by atoms with Crippen molar-refractivity contribution in [3.05, 3.63) is 134 Å². The molecule has 4 nitrogen and oxygen atoms in total. The molecule has 0 saturated carbocycles. The smallest absolute Gasteiger partial charge is 0.255 e. The third-order valence-electron chi connectivity index (χ3n) is 7.36. The van der Waals surface area contributed by atoms with Crippen molar-refractivity contribution in [3.8, 4) is 0 Å². The molecule has 0 atom stereocenters. The second-order valence-corrected chi connectivity index (χ2v) is 9.59. The van der Waals surface area contributed by atoms with Gasteiger partial charge in [0.25, 0.3) is 5.91 Å². The quantitative estimate of drug-likeness (QED) is 0.421. The van der Waals surface area contributed by atoms with Gasteiger partial charge in [-0.05, 0) is 82.1 Å². The van der Waals surface area contributed by atoms with E-state index >= 15 is 0 Å². The van der Waals surface area contributed by atoms with Gasteiger partial charge in [0.05, 0.1) is 0 Å². The zero-order valence-electron chi connectivity index (χ0n) is 20.5. The summed E-state index contributed by atoms with van der Waals surface area (Å²) in [6, 6.07) is 26.6. The number of aryl methyl sites for hydroxylation is 1. The second kappa shape index (κ2) is 9.14. The molecular formula is C33H25NO3. The highest BCUT2D eigenvalue weighted by Gasteiger charge is 2.25. The molecule has 1 N–H and O–H groups in total. The minimum Gasteiger partial charge on any atom is -0.322 e. The Hall–Kier alpha value is -4.57. The molecule has 4 heteroatoms. The average Bonchev–Trinajstić information content (AvgIpc) is 2.93. The Morgan fingerprint density at radius 1 is 0.757 bits per heavy atom. The fourth-order valence-corrected chi connectivity index (χ4v) is 5.45. The average molecular weight is 484 g/mol. The van der Waals surface area contributed by atoms with Crippen molar-refractivity contribution in [2.45, 2.75) is 26.2 Å². The van der Waals surface area contributed by atoms with Crippen LogP contribution in [0.5, 0.6) is 0 Å². The lowest BCUT2D eigenvalue weighted by molar-refractivity contribution is 0.0975. The molecule has 0 bridgehead atoms. The molecule has 37 heavy (non-hydrogen) atoms. The van der Waals surface area contributed by atoms with Crippen LogP contribution in [0.2, 0.25) is 0 Å². The topological polar surface area (TPSA) is 63.2 Å². The van der Waals surface area contributed by atoms with Crippen LogP contribution in [0.25, 0.3) is 11.6 Å². The normalized spacial score (nSPS) is 13.6. The van der Waals surface area contributed by atoms with Crippen molar-refractivity contribution >= 4 is 34.8 Å². The van der Waals surface area contributed by atoms with Gasteiger partial charge < -0.3 is 5.32 Å². The van der Waals surface area contributed by atoms with Crippen LogP contribution in [0.15, 0.2) is 84.9 Å². The zero-order valence-corrected chi connectivity index (χ0v) is 20.5. The van der Waals surface area contributed by atoms with E-state index in [9.17, 15) is 14.4 Å². The number of rotatable bonds is 4. The van der Waals surface area contributed by atoms with Crippen LogP contribution in [-0.2, 0) is 6.42 Å². The fourth-order valence-electron chi connectivity index (χ4n) is 5.45. The monoisotopic (exact) mass is 483 g/mol. The Balaban J connectivity index is 1.37. The van der Waals surface area contributed by atoms with Gasteiger partial charge in [-0.15, -0.1) is 0 Å². The Labute approximate surface area is 214 Å². The summed E-state index contributed by atoms with van der Waals surface area (Å²) in [5.41, 5.74) is 5.06. The molecule has 4 aromatic carbocycles. The predicted molar refractivity (Wildman–Crippen MR) is 145 cm³/mol. The summed E-state index contributed by atoms with van der Waals surface area (Å²) in [5, 5.41) is 7.03. The summed E-state index contributed by atoms with van der Waals surface area (Å²) in [4.78, 5) is 39.3. The molecule has 0 unspecified atom stereocenters. The number of hydrogen-bond donors (Lipinski definition) is 1. The number of amides is 1. The summed E-state index contributed by atoms with van der Waals surface area (Å²) in [6.07, 6.45) is 3.59. The molecule has 1 amide bonds. The van der Waals surface area contributed by atoms with Gasteiger partial charge in [-0.2, -0.15) is 0 Å². The van der Waals surface area contributed by atoms with E-state index in [2.05, 4.69) is 29.6 Å². The van der Waals surface area contributed by atoms with Crippen LogP contribution in [-0.4, -0.2) is 17.5 Å². The Morgan fingerprint density at radius 2 is 1.49 bits per heavy atom. The fraction of sp³-hybridized carbons (Fsp3) is 0.121. The second-order valence-electron chi connectivity index (χ2n) is 9.59. The summed E-state index contributed by atoms with van der Waals surface area (Å²) < 4.78 is 0. The third kappa shape index (κ3) is 4.01. The summed E-state index contributed by atoms with van der Waals surface area (Å²) in [5.74, 6) is -0.162. The van der Waals surface area contributed by atoms with Crippen molar-refractivity contribution in [2.24, 2.45) is 0 Å². The van der Waals surface area contributed by atoms with E-state index in [0.717, 1.165) is 26.8 Å². The van der Waals surface area contributed by atoms with Crippen LogP contribution >= 0.6 is 0 Å². The molecule has 0 aliphatic heterocycles.